The fourth-order valence-corrected chi connectivity index (χ4v) is 4.70. The predicted octanol–water partition coefficient (Wildman–Crippen LogP) is 6.25. The van der Waals surface area contributed by atoms with Crippen LogP contribution in [0.3, 0.4) is 0 Å². The molecule has 0 amide bonds. The second kappa shape index (κ2) is 9.94. The number of benzene rings is 2. The van der Waals surface area contributed by atoms with Gasteiger partial charge < -0.3 is 0 Å². The Labute approximate surface area is 207 Å². The molecule has 1 atom stereocenters. The van der Waals surface area contributed by atoms with Gasteiger partial charge in [-0.25, -0.2) is 0 Å². The Hall–Kier alpha value is -3.25. The van der Waals surface area contributed by atoms with Crippen LogP contribution in [0, 0.1) is 12.8 Å². The Morgan fingerprint density at radius 2 is 1.68 bits per heavy atom. The Balaban J connectivity index is 1.55. The average Bonchev–Trinajstić information content (AvgIpc) is 3.30. The van der Waals surface area contributed by atoms with E-state index in [0.29, 0.717) is 5.92 Å². The minimum absolute atomic E-state index is 0.254. The van der Waals surface area contributed by atoms with Gasteiger partial charge in [0, 0.05) is 0 Å². The van der Waals surface area contributed by atoms with Crippen LogP contribution in [0.4, 0.5) is 5.69 Å². The third-order valence-electron chi connectivity index (χ3n) is 6.64. The summed E-state index contributed by atoms with van der Waals surface area (Å²) in [6, 6.07) is 19.1. The quantitative estimate of drug-likeness (QED) is 0.312. The molecule has 2 heterocycles. The first-order chi connectivity index (χ1) is 16.3. The maximum atomic E-state index is 5.32. The van der Waals surface area contributed by atoms with Gasteiger partial charge in [0.2, 0.25) is 0 Å². The maximum absolute atomic E-state index is 5.32. The Morgan fingerprint density at radius 3 is 2.26 bits per heavy atom. The summed E-state index contributed by atoms with van der Waals surface area (Å²) in [5.74, 6) is 1.09. The molecule has 0 saturated carbocycles. The number of methoxy groups -OCH3 is 1. The zero-order chi connectivity index (χ0) is 24.3. The normalized spacial score (nSPS) is 12.9. The summed E-state index contributed by atoms with van der Waals surface area (Å²) in [6.07, 6.45) is 3.57. The molecular weight excluding hydrogens is 437 g/mol. The van der Waals surface area contributed by atoms with Crippen LogP contribution in [0.5, 0.6) is 5.75 Å². The molecule has 172 valence electrons. The fourth-order valence-electron chi connectivity index (χ4n) is 4.08. The standard InChI is InChI=1S/C28H30BN3OS/c1-18(2)28(4,23-10-6-20(7-11-23)22-14-25(33-5)16-30-15-22)27(29)32-24-12-8-21(9-13-24)26-17-34-19(3)31-26/h6-18,29,32H,1-5H3. The summed E-state index contributed by atoms with van der Waals surface area (Å²) in [5, 5.41) is 6.74. The molecule has 2 aromatic heterocycles. The van der Waals surface area contributed by atoms with Crippen molar-refractivity contribution < 1.29 is 4.74 Å². The Morgan fingerprint density at radius 1 is 1.00 bits per heavy atom. The molecule has 0 aliphatic heterocycles. The molecule has 0 saturated heterocycles. The second-order valence-corrected chi connectivity index (χ2v) is 10.0. The van der Waals surface area contributed by atoms with E-state index in [-0.39, 0.29) is 5.41 Å². The first-order valence-corrected chi connectivity index (χ1v) is 12.3. The average molecular weight is 467 g/mol. The van der Waals surface area contributed by atoms with Crippen molar-refractivity contribution in [1.29, 1.82) is 0 Å². The van der Waals surface area contributed by atoms with Crippen molar-refractivity contribution in [2.75, 3.05) is 12.4 Å². The molecule has 4 nitrogen and oxygen atoms in total. The molecule has 2 aromatic carbocycles. The zero-order valence-electron chi connectivity index (χ0n) is 20.4. The molecule has 1 N–H and O–H groups in total. The van der Waals surface area contributed by atoms with E-state index in [1.165, 1.54) is 5.56 Å². The molecule has 4 rings (SSSR count). The van der Waals surface area contributed by atoms with Crippen molar-refractivity contribution in [2.45, 2.75) is 33.1 Å². The van der Waals surface area contributed by atoms with E-state index in [9.17, 15) is 0 Å². The van der Waals surface area contributed by atoms with Crippen molar-refractivity contribution in [3.8, 4) is 28.1 Å². The van der Waals surface area contributed by atoms with E-state index in [1.54, 1.807) is 24.6 Å². The summed E-state index contributed by atoms with van der Waals surface area (Å²) in [4.78, 5) is 8.86. The minimum atomic E-state index is -0.254. The monoisotopic (exact) mass is 467 g/mol. The summed E-state index contributed by atoms with van der Waals surface area (Å²) in [7, 11) is 6.12. The summed E-state index contributed by atoms with van der Waals surface area (Å²) < 4.78 is 5.32. The number of anilines is 1. The number of hydrogen-bond acceptors (Lipinski definition) is 5. The fraction of sp³-hybridized carbons (Fsp3) is 0.250. The molecule has 0 spiro atoms. The summed E-state index contributed by atoms with van der Waals surface area (Å²) >= 11 is 1.67. The van der Waals surface area contributed by atoms with Crippen LogP contribution in [0.25, 0.3) is 22.4 Å². The Bertz CT molecular complexity index is 1280. The number of pyridine rings is 1. The molecule has 0 bridgehead atoms. The molecule has 0 aliphatic rings. The van der Waals surface area contributed by atoms with Gasteiger partial charge in [0.25, 0.3) is 0 Å². The van der Waals surface area contributed by atoms with Crippen LogP contribution in [-0.2, 0) is 5.41 Å². The van der Waals surface area contributed by atoms with Gasteiger partial charge in [0.15, 0.2) is 0 Å². The van der Waals surface area contributed by atoms with E-state index in [4.69, 9.17) is 4.74 Å². The van der Waals surface area contributed by atoms with Crippen molar-refractivity contribution in [1.82, 2.24) is 9.97 Å². The molecule has 6 heteroatoms. The topological polar surface area (TPSA) is 47.0 Å². The van der Waals surface area contributed by atoms with E-state index < -0.39 is 0 Å². The summed E-state index contributed by atoms with van der Waals surface area (Å²) in [6.45, 7) is 8.75. The van der Waals surface area contributed by atoms with Crippen LogP contribution < -0.4 is 10.1 Å². The molecule has 4 aromatic rings. The first kappa shape index (κ1) is 23.9. The van der Waals surface area contributed by atoms with Crippen LogP contribution in [0.15, 0.2) is 72.4 Å². The van der Waals surface area contributed by atoms with Crippen LogP contribution in [-0.4, -0.2) is 30.2 Å². The number of rotatable bonds is 8. The number of thiazole rings is 1. The number of aromatic nitrogens is 2. The molecule has 0 radical (unpaired) electrons. The van der Waals surface area contributed by atoms with E-state index in [2.05, 4.69) is 97.5 Å². The van der Waals surface area contributed by atoms with Gasteiger partial charge in [-0.05, 0) is 0 Å². The number of aryl methyl sites for hydroxylation is 1. The van der Waals surface area contributed by atoms with Gasteiger partial charge in [0.05, 0.1) is 0 Å². The molecule has 0 aliphatic carbocycles. The second-order valence-electron chi connectivity index (χ2n) is 8.98. The van der Waals surface area contributed by atoms with Gasteiger partial charge in [-0.2, -0.15) is 0 Å². The first-order valence-electron chi connectivity index (χ1n) is 11.4. The van der Waals surface area contributed by atoms with Crippen molar-refractivity contribution in [2.24, 2.45) is 5.92 Å². The van der Waals surface area contributed by atoms with Crippen LogP contribution in [0.2, 0.25) is 0 Å². The van der Waals surface area contributed by atoms with Gasteiger partial charge in [-0.1, -0.05) is 0 Å². The number of hydrogen-bond donors (Lipinski definition) is 1. The van der Waals surface area contributed by atoms with Crippen molar-refractivity contribution >= 4 is 30.1 Å². The molecule has 0 fully saturated rings. The van der Waals surface area contributed by atoms with Gasteiger partial charge in [0.1, 0.15) is 0 Å². The van der Waals surface area contributed by atoms with Crippen LogP contribution >= 0.6 is 11.3 Å². The molecular formula is C28H30BN3OS. The number of nitrogens with one attached hydrogen (secondary N) is 1. The SMILES string of the molecule is B=C(Nc1ccc(-c2csc(C)n2)cc1)C(C)(c1ccc(-c2cncc(OC)c2)cc1)C(C)C. The zero-order valence-corrected chi connectivity index (χ0v) is 21.2. The molecule has 1 unspecified atom stereocenters. The van der Waals surface area contributed by atoms with E-state index >= 15 is 0 Å². The third kappa shape index (κ3) is 4.83. The van der Waals surface area contributed by atoms with Gasteiger partial charge in [-0.15, -0.1) is 0 Å². The number of nitrogens with zero attached hydrogens (tertiary/aromatic N) is 2. The summed E-state index contributed by atoms with van der Waals surface area (Å²) in [5.41, 5.74) is 7.23. The van der Waals surface area contributed by atoms with Crippen LogP contribution in [0.1, 0.15) is 31.3 Å². The molecule has 34 heavy (non-hydrogen) atoms. The van der Waals surface area contributed by atoms with E-state index in [1.807, 2.05) is 19.2 Å². The number of ether oxygens (including phenoxy) is 1. The predicted molar refractivity (Wildman–Crippen MR) is 146 cm³/mol. The Kier molecular flexibility index (Phi) is 6.99. The van der Waals surface area contributed by atoms with E-state index in [0.717, 1.165) is 44.4 Å². The van der Waals surface area contributed by atoms with Crippen molar-refractivity contribution in [3.05, 3.63) is 82.9 Å². The van der Waals surface area contributed by atoms with Gasteiger partial charge in [-0.3, -0.25) is 0 Å². The third-order valence-corrected chi connectivity index (χ3v) is 7.42. The van der Waals surface area contributed by atoms with Crippen molar-refractivity contribution in [3.63, 3.8) is 0 Å². The van der Waals surface area contributed by atoms with Gasteiger partial charge >= 0.3 is 207 Å².